The molecule has 0 aromatic carbocycles. The Balaban J connectivity index is 2.60. The minimum Gasteiger partial charge on any atom is -0.337 e. The Morgan fingerprint density at radius 1 is 1.56 bits per heavy atom. The fraction of sp³-hybridized carbons (Fsp3) is 0.462. The molecule has 0 aliphatic rings. The first-order chi connectivity index (χ1) is 8.77. The van der Waals surface area contributed by atoms with Gasteiger partial charge in [0.2, 0.25) is 5.91 Å². The Hall–Kier alpha value is -1.93. The van der Waals surface area contributed by atoms with Gasteiger partial charge in [0.1, 0.15) is 0 Å². The van der Waals surface area contributed by atoms with Crippen molar-refractivity contribution in [2.75, 3.05) is 13.1 Å². The molecule has 0 unspecified atom stereocenters. The highest BCUT2D eigenvalue weighted by atomic mass is 16.2. The van der Waals surface area contributed by atoms with Gasteiger partial charge in [-0.2, -0.15) is 5.26 Å². The van der Waals surface area contributed by atoms with Gasteiger partial charge in [0.05, 0.1) is 12.5 Å². The molecule has 2 N–H and O–H groups in total. The van der Waals surface area contributed by atoms with E-state index in [0.29, 0.717) is 38.9 Å². The first-order valence-electron chi connectivity index (χ1n) is 6.01. The van der Waals surface area contributed by atoms with E-state index >= 15 is 0 Å². The molecule has 5 nitrogen and oxygen atoms in total. The van der Waals surface area contributed by atoms with Gasteiger partial charge >= 0.3 is 0 Å². The summed E-state index contributed by atoms with van der Waals surface area (Å²) in [4.78, 5) is 17.7. The summed E-state index contributed by atoms with van der Waals surface area (Å²) in [6.07, 6.45) is 4.88. The number of pyridine rings is 1. The molecule has 1 heterocycles. The van der Waals surface area contributed by atoms with E-state index in [9.17, 15) is 4.79 Å². The Morgan fingerprint density at radius 3 is 3.00 bits per heavy atom. The van der Waals surface area contributed by atoms with Crippen molar-refractivity contribution in [3.63, 3.8) is 0 Å². The average molecular weight is 246 g/mol. The van der Waals surface area contributed by atoms with Crippen LogP contribution >= 0.6 is 0 Å². The molecular weight excluding hydrogens is 228 g/mol. The van der Waals surface area contributed by atoms with Crippen molar-refractivity contribution in [3.05, 3.63) is 30.1 Å². The Morgan fingerprint density at radius 2 is 2.39 bits per heavy atom. The molecule has 5 heteroatoms. The quantitative estimate of drug-likeness (QED) is 0.779. The van der Waals surface area contributed by atoms with Crippen LogP contribution in [0.3, 0.4) is 0 Å². The van der Waals surface area contributed by atoms with Crippen LogP contribution in [0.4, 0.5) is 0 Å². The van der Waals surface area contributed by atoms with Gasteiger partial charge in [-0.05, 0) is 24.6 Å². The molecule has 18 heavy (non-hydrogen) atoms. The summed E-state index contributed by atoms with van der Waals surface area (Å²) < 4.78 is 0. The van der Waals surface area contributed by atoms with Crippen LogP contribution < -0.4 is 5.73 Å². The number of nitriles is 1. The smallest absolute Gasteiger partial charge is 0.222 e. The highest BCUT2D eigenvalue weighted by molar-refractivity contribution is 5.76. The number of carbonyl (C=O) groups excluding carboxylic acids is 1. The van der Waals surface area contributed by atoms with E-state index in [2.05, 4.69) is 11.1 Å². The number of nitrogens with zero attached hydrogens (tertiary/aromatic N) is 3. The maximum atomic E-state index is 12.0. The van der Waals surface area contributed by atoms with Gasteiger partial charge in [0.25, 0.3) is 0 Å². The summed E-state index contributed by atoms with van der Waals surface area (Å²) in [5.74, 6) is 0.0413. The second-order valence-electron chi connectivity index (χ2n) is 3.98. The second-order valence-corrected chi connectivity index (χ2v) is 3.98. The van der Waals surface area contributed by atoms with Crippen molar-refractivity contribution in [2.45, 2.75) is 25.8 Å². The van der Waals surface area contributed by atoms with Crippen LogP contribution in [0, 0.1) is 11.3 Å². The van der Waals surface area contributed by atoms with Crippen molar-refractivity contribution in [1.29, 1.82) is 5.26 Å². The highest BCUT2D eigenvalue weighted by Gasteiger charge is 2.13. The standard InChI is InChI=1S/C13H18N4O/c14-6-1-5-13(18)17(9-3-7-15)11-12-4-2-8-16-10-12/h2,4,8,10H,1,3,5-6,9,11,14H2. The molecule has 0 saturated carbocycles. The van der Waals surface area contributed by atoms with Gasteiger partial charge in [0, 0.05) is 31.9 Å². The maximum absolute atomic E-state index is 12.0. The lowest BCUT2D eigenvalue weighted by atomic mass is 10.2. The van der Waals surface area contributed by atoms with Crippen LogP contribution in [0.5, 0.6) is 0 Å². The summed E-state index contributed by atoms with van der Waals surface area (Å²) >= 11 is 0. The minimum atomic E-state index is 0.0413. The minimum absolute atomic E-state index is 0.0413. The van der Waals surface area contributed by atoms with Gasteiger partial charge in [0.15, 0.2) is 0 Å². The van der Waals surface area contributed by atoms with Crippen LogP contribution in [0.15, 0.2) is 24.5 Å². The Bertz CT molecular complexity index is 399. The van der Waals surface area contributed by atoms with E-state index in [1.807, 2.05) is 12.1 Å². The van der Waals surface area contributed by atoms with E-state index in [1.54, 1.807) is 17.3 Å². The van der Waals surface area contributed by atoms with Crippen LogP contribution in [0.25, 0.3) is 0 Å². The molecule has 0 saturated heterocycles. The number of carbonyl (C=O) groups is 1. The Kier molecular flexibility index (Phi) is 6.44. The molecule has 1 amide bonds. The fourth-order valence-electron chi connectivity index (χ4n) is 1.60. The molecule has 0 atom stereocenters. The van der Waals surface area contributed by atoms with E-state index in [4.69, 9.17) is 11.0 Å². The van der Waals surface area contributed by atoms with E-state index in [0.717, 1.165) is 5.56 Å². The zero-order valence-electron chi connectivity index (χ0n) is 10.4. The second kappa shape index (κ2) is 8.20. The summed E-state index contributed by atoms with van der Waals surface area (Å²) in [5.41, 5.74) is 6.37. The molecule has 0 fully saturated rings. The van der Waals surface area contributed by atoms with Crippen molar-refractivity contribution >= 4 is 5.91 Å². The van der Waals surface area contributed by atoms with Crippen molar-refractivity contribution in [3.8, 4) is 6.07 Å². The summed E-state index contributed by atoms with van der Waals surface area (Å²) in [6.45, 7) is 1.46. The molecule has 0 aliphatic heterocycles. The van der Waals surface area contributed by atoms with E-state index < -0.39 is 0 Å². The van der Waals surface area contributed by atoms with Gasteiger partial charge < -0.3 is 10.6 Å². The Labute approximate surface area is 107 Å². The third-order valence-corrected chi connectivity index (χ3v) is 2.54. The molecular formula is C13H18N4O. The van der Waals surface area contributed by atoms with Gasteiger partial charge in [-0.25, -0.2) is 0 Å². The molecule has 0 aliphatic carbocycles. The first-order valence-corrected chi connectivity index (χ1v) is 6.01. The lowest BCUT2D eigenvalue weighted by Crippen LogP contribution is -2.31. The highest BCUT2D eigenvalue weighted by Crippen LogP contribution is 2.06. The number of rotatable bonds is 7. The van der Waals surface area contributed by atoms with Crippen molar-refractivity contribution in [2.24, 2.45) is 5.73 Å². The monoisotopic (exact) mass is 246 g/mol. The normalized spacial score (nSPS) is 9.78. The SMILES string of the molecule is N#CCCN(Cc1cccnc1)C(=O)CCCN. The molecule has 1 aromatic heterocycles. The molecule has 96 valence electrons. The molecule has 1 aromatic rings. The van der Waals surface area contributed by atoms with Gasteiger partial charge in [-0.3, -0.25) is 9.78 Å². The zero-order chi connectivity index (χ0) is 13.2. The third-order valence-electron chi connectivity index (χ3n) is 2.54. The number of amides is 1. The predicted octanol–water partition coefficient (Wildman–Crippen LogP) is 1.06. The first kappa shape index (κ1) is 14.1. The van der Waals surface area contributed by atoms with E-state index in [1.165, 1.54) is 0 Å². The van der Waals surface area contributed by atoms with Gasteiger partial charge in [-0.1, -0.05) is 6.07 Å². The molecule has 1 rings (SSSR count). The summed E-state index contributed by atoms with van der Waals surface area (Å²) in [7, 11) is 0. The average Bonchev–Trinajstić information content (AvgIpc) is 2.42. The van der Waals surface area contributed by atoms with Crippen LogP contribution in [0.1, 0.15) is 24.8 Å². The number of hydrogen-bond acceptors (Lipinski definition) is 4. The topological polar surface area (TPSA) is 83.0 Å². The van der Waals surface area contributed by atoms with Crippen LogP contribution in [-0.4, -0.2) is 28.9 Å². The number of hydrogen-bond donors (Lipinski definition) is 1. The lowest BCUT2D eigenvalue weighted by molar-refractivity contribution is -0.131. The zero-order valence-corrected chi connectivity index (χ0v) is 10.4. The van der Waals surface area contributed by atoms with Crippen LogP contribution in [0.2, 0.25) is 0 Å². The fourth-order valence-corrected chi connectivity index (χ4v) is 1.60. The van der Waals surface area contributed by atoms with Gasteiger partial charge in [-0.15, -0.1) is 0 Å². The largest absolute Gasteiger partial charge is 0.337 e. The third kappa shape index (κ3) is 4.93. The molecule has 0 radical (unpaired) electrons. The molecule has 0 spiro atoms. The maximum Gasteiger partial charge on any atom is 0.222 e. The summed E-state index contributed by atoms with van der Waals surface area (Å²) in [6, 6.07) is 5.82. The van der Waals surface area contributed by atoms with E-state index in [-0.39, 0.29) is 5.91 Å². The van der Waals surface area contributed by atoms with Crippen molar-refractivity contribution < 1.29 is 4.79 Å². The van der Waals surface area contributed by atoms with Crippen molar-refractivity contribution in [1.82, 2.24) is 9.88 Å². The molecule has 0 bridgehead atoms. The number of aromatic nitrogens is 1. The predicted molar refractivity (Wildman–Crippen MR) is 68.2 cm³/mol. The lowest BCUT2D eigenvalue weighted by Gasteiger charge is -2.21. The van der Waals surface area contributed by atoms with Crippen LogP contribution in [-0.2, 0) is 11.3 Å². The number of nitrogens with two attached hydrogens (primary N) is 1. The summed E-state index contributed by atoms with van der Waals surface area (Å²) in [5, 5.41) is 8.62.